The summed E-state index contributed by atoms with van der Waals surface area (Å²) >= 11 is 3.04. The normalized spacial score (nSPS) is 13.1. The predicted octanol–water partition coefficient (Wildman–Crippen LogP) is 1.34. The Hall–Kier alpha value is -0.990. The summed E-state index contributed by atoms with van der Waals surface area (Å²) in [6.45, 7) is 1.40. The van der Waals surface area contributed by atoms with E-state index in [2.05, 4.69) is 20.7 Å². The highest BCUT2D eigenvalue weighted by atomic mass is 79.9. The van der Waals surface area contributed by atoms with Crippen LogP contribution in [0.5, 0.6) is 0 Å². The second-order valence-electron chi connectivity index (χ2n) is 4.15. The van der Waals surface area contributed by atoms with Crippen LogP contribution < -0.4 is 4.72 Å². The summed E-state index contributed by atoms with van der Waals surface area (Å²) in [7, 11) is -1.06. The molecule has 0 aliphatic rings. The average molecular weight is 353 g/mol. The smallest absolute Gasteiger partial charge is 0.244 e. The maximum Gasteiger partial charge on any atom is 0.244 e. The van der Waals surface area contributed by atoms with Crippen molar-refractivity contribution in [2.24, 2.45) is 0 Å². The van der Waals surface area contributed by atoms with Crippen LogP contribution in [0.3, 0.4) is 0 Å². The summed E-state index contributed by atoms with van der Waals surface area (Å²) < 4.78 is 40.1. The molecular formula is C11H14BrFN2O3S. The molecule has 0 heterocycles. The van der Waals surface area contributed by atoms with Crippen LogP contribution in [0.1, 0.15) is 6.92 Å². The Balaban J connectivity index is 3.02. The highest BCUT2D eigenvalue weighted by molar-refractivity contribution is 9.10. The molecule has 106 valence electrons. The number of hydrogen-bond acceptors (Lipinski definition) is 3. The van der Waals surface area contributed by atoms with E-state index in [1.54, 1.807) is 0 Å². The zero-order valence-electron chi connectivity index (χ0n) is 10.6. The summed E-state index contributed by atoms with van der Waals surface area (Å²) in [5, 5.41) is 0. The molecule has 5 nitrogen and oxygen atoms in total. The third-order valence-electron chi connectivity index (χ3n) is 2.33. The summed E-state index contributed by atoms with van der Waals surface area (Å²) in [6.07, 6.45) is 0. The molecule has 0 bridgehead atoms. The van der Waals surface area contributed by atoms with Crippen LogP contribution in [0.15, 0.2) is 27.6 Å². The number of sulfonamides is 1. The van der Waals surface area contributed by atoms with Crippen molar-refractivity contribution >= 4 is 31.9 Å². The van der Waals surface area contributed by atoms with Crippen LogP contribution in [0.25, 0.3) is 0 Å². The Morgan fingerprint density at radius 2 is 2.00 bits per heavy atom. The van der Waals surface area contributed by atoms with Crippen LogP contribution in [0, 0.1) is 5.82 Å². The predicted molar refractivity (Wildman–Crippen MR) is 72.6 cm³/mol. The molecule has 1 rings (SSSR count). The first-order valence-electron chi connectivity index (χ1n) is 5.33. The van der Waals surface area contributed by atoms with Gasteiger partial charge >= 0.3 is 0 Å². The third kappa shape index (κ3) is 3.99. The Bertz CT molecular complexity index is 590. The van der Waals surface area contributed by atoms with Crippen molar-refractivity contribution in [2.75, 3.05) is 14.1 Å². The SMILES string of the molecule is CC(NS(=O)(=O)c1ccc(Br)cc1F)C(=O)N(C)C. The van der Waals surface area contributed by atoms with Crippen molar-refractivity contribution in [3.05, 3.63) is 28.5 Å². The van der Waals surface area contributed by atoms with Gasteiger partial charge < -0.3 is 4.90 Å². The first-order valence-corrected chi connectivity index (χ1v) is 7.61. The Kier molecular flexibility index (Phi) is 5.05. The van der Waals surface area contributed by atoms with Crippen molar-refractivity contribution in [3.63, 3.8) is 0 Å². The van der Waals surface area contributed by atoms with Crippen molar-refractivity contribution in [1.29, 1.82) is 0 Å². The summed E-state index contributed by atoms with van der Waals surface area (Å²) in [5.74, 6) is -1.30. The lowest BCUT2D eigenvalue weighted by Gasteiger charge is -2.18. The largest absolute Gasteiger partial charge is 0.347 e. The molecule has 0 aromatic heterocycles. The average Bonchev–Trinajstić information content (AvgIpc) is 2.26. The lowest BCUT2D eigenvalue weighted by molar-refractivity contribution is -0.130. The molecule has 1 unspecified atom stereocenters. The minimum atomic E-state index is -4.08. The van der Waals surface area contributed by atoms with E-state index < -0.39 is 32.7 Å². The van der Waals surface area contributed by atoms with Crippen molar-refractivity contribution in [2.45, 2.75) is 17.9 Å². The number of halogens is 2. The standard InChI is InChI=1S/C11H14BrFN2O3S/c1-7(11(16)15(2)3)14-19(17,18)10-5-4-8(12)6-9(10)13/h4-7,14H,1-3H3. The van der Waals surface area contributed by atoms with Crippen LogP contribution >= 0.6 is 15.9 Å². The molecule has 1 aromatic rings. The molecule has 0 aliphatic carbocycles. The second kappa shape index (κ2) is 5.98. The molecule has 8 heteroatoms. The number of rotatable bonds is 4. The monoisotopic (exact) mass is 352 g/mol. The summed E-state index contributed by atoms with van der Waals surface area (Å²) in [6, 6.07) is 2.63. The summed E-state index contributed by atoms with van der Waals surface area (Å²) in [5.41, 5.74) is 0. The quantitative estimate of drug-likeness (QED) is 0.889. The Morgan fingerprint density at radius 3 is 2.47 bits per heavy atom. The molecule has 1 atom stereocenters. The fourth-order valence-corrected chi connectivity index (χ4v) is 3.02. The second-order valence-corrected chi connectivity index (χ2v) is 6.75. The number of carbonyl (C=O) groups is 1. The Labute approximate surface area is 120 Å². The van der Waals surface area contributed by atoms with Crippen LogP contribution in [-0.2, 0) is 14.8 Å². The number of benzene rings is 1. The highest BCUT2D eigenvalue weighted by Crippen LogP contribution is 2.19. The van der Waals surface area contributed by atoms with E-state index in [4.69, 9.17) is 0 Å². The number of nitrogens with zero attached hydrogens (tertiary/aromatic N) is 1. The van der Waals surface area contributed by atoms with Crippen LogP contribution in [0.4, 0.5) is 4.39 Å². The molecule has 0 radical (unpaired) electrons. The number of carbonyl (C=O) groups excluding carboxylic acids is 1. The van der Waals surface area contributed by atoms with Crippen molar-refractivity contribution in [3.8, 4) is 0 Å². The van der Waals surface area contributed by atoms with Gasteiger partial charge in [0.05, 0.1) is 6.04 Å². The van der Waals surface area contributed by atoms with Gasteiger partial charge in [0, 0.05) is 18.6 Å². The van der Waals surface area contributed by atoms with Gasteiger partial charge in [0.1, 0.15) is 10.7 Å². The summed E-state index contributed by atoms with van der Waals surface area (Å²) in [4.78, 5) is 12.4. The lowest BCUT2D eigenvalue weighted by atomic mass is 10.3. The molecule has 0 spiro atoms. The molecule has 0 saturated carbocycles. The van der Waals surface area contributed by atoms with Crippen molar-refractivity contribution < 1.29 is 17.6 Å². The maximum absolute atomic E-state index is 13.6. The minimum Gasteiger partial charge on any atom is -0.347 e. The first kappa shape index (κ1) is 16.1. The van der Waals surface area contributed by atoms with Crippen molar-refractivity contribution in [1.82, 2.24) is 9.62 Å². The lowest BCUT2D eigenvalue weighted by Crippen LogP contribution is -2.44. The highest BCUT2D eigenvalue weighted by Gasteiger charge is 2.25. The molecule has 1 amide bonds. The molecule has 1 N–H and O–H groups in total. The van der Waals surface area contributed by atoms with Gasteiger partial charge in [-0.3, -0.25) is 4.79 Å². The van der Waals surface area contributed by atoms with Gasteiger partial charge in [-0.1, -0.05) is 15.9 Å². The van der Waals surface area contributed by atoms with Crippen LogP contribution in [-0.4, -0.2) is 39.4 Å². The van der Waals surface area contributed by atoms with E-state index in [0.29, 0.717) is 4.47 Å². The van der Waals surface area contributed by atoms with Gasteiger partial charge in [-0.2, -0.15) is 4.72 Å². The van der Waals surface area contributed by atoms with Crippen LogP contribution in [0.2, 0.25) is 0 Å². The van der Waals surface area contributed by atoms with E-state index >= 15 is 0 Å². The Morgan fingerprint density at radius 1 is 1.42 bits per heavy atom. The maximum atomic E-state index is 13.6. The zero-order chi connectivity index (χ0) is 14.8. The van der Waals surface area contributed by atoms with E-state index in [0.717, 1.165) is 12.1 Å². The molecule has 0 fully saturated rings. The van der Waals surface area contributed by atoms with Gasteiger partial charge in [0.2, 0.25) is 15.9 Å². The van der Waals surface area contributed by atoms with E-state index in [9.17, 15) is 17.6 Å². The fourth-order valence-electron chi connectivity index (χ4n) is 1.43. The topological polar surface area (TPSA) is 66.5 Å². The molecule has 19 heavy (non-hydrogen) atoms. The fraction of sp³-hybridized carbons (Fsp3) is 0.364. The zero-order valence-corrected chi connectivity index (χ0v) is 13.0. The van der Waals surface area contributed by atoms with E-state index in [1.165, 1.54) is 32.0 Å². The number of nitrogens with one attached hydrogen (secondary N) is 1. The van der Waals surface area contributed by atoms with Gasteiger partial charge in [-0.05, 0) is 25.1 Å². The van der Waals surface area contributed by atoms with Gasteiger partial charge in [-0.25, -0.2) is 12.8 Å². The molecule has 0 aliphatic heterocycles. The van der Waals surface area contributed by atoms with Gasteiger partial charge in [-0.15, -0.1) is 0 Å². The molecular weight excluding hydrogens is 339 g/mol. The third-order valence-corrected chi connectivity index (χ3v) is 4.39. The van der Waals surface area contributed by atoms with Gasteiger partial charge in [0.15, 0.2) is 0 Å². The number of likely N-dealkylation sites (N-methyl/N-ethyl adjacent to an activating group) is 1. The van der Waals surface area contributed by atoms with Gasteiger partial charge in [0.25, 0.3) is 0 Å². The van der Waals surface area contributed by atoms with E-state index in [-0.39, 0.29) is 0 Å². The van der Waals surface area contributed by atoms with E-state index in [1.807, 2.05) is 0 Å². The molecule has 0 saturated heterocycles. The number of amides is 1. The minimum absolute atomic E-state index is 0.416. The number of hydrogen-bond donors (Lipinski definition) is 1. The first-order chi connectivity index (χ1) is 8.65. The molecule has 1 aromatic carbocycles.